The van der Waals surface area contributed by atoms with Crippen LogP contribution in [0.1, 0.15) is 13.8 Å². The van der Waals surface area contributed by atoms with E-state index in [2.05, 4.69) is 9.05 Å². The summed E-state index contributed by atoms with van der Waals surface area (Å²) in [5.74, 6) is -0.837. The van der Waals surface area contributed by atoms with Gasteiger partial charge in [0.15, 0.2) is 0 Å². The first-order valence-electron chi connectivity index (χ1n) is 5.54. The van der Waals surface area contributed by atoms with Crippen molar-refractivity contribution in [3.05, 3.63) is 10.8 Å². The van der Waals surface area contributed by atoms with Crippen molar-refractivity contribution in [1.29, 1.82) is 0 Å². The molecule has 0 unspecified atom stereocenters. The molecule has 9 heteroatoms. The first kappa shape index (κ1) is 18.7. The Balaban J connectivity index is 5.24. The molecule has 1 amide bonds. The summed E-state index contributed by atoms with van der Waals surface area (Å²) in [6, 6.07) is 0. The molecular weight excluding hydrogens is 316 g/mol. The molecule has 0 aromatic carbocycles. The van der Waals surface area contributed by atoms with Crippen LogP contribution in [0.3, 0.4) is 0 Å². The van der Waals surface area contributed by atoms with Crippen molar-refractivity contribution in [2.45, 2.75) is 13.8 Å². The third-order valence-electron chi connectivity index (χ3n) is 2.27. The van der Waals surface area contributed by atoms with E-state index in [9.17, 15) is 9.36 Å². The largest absolute Gasteiger partial charge is 0.529 e. The number of halogens is 2. The molecule has 0 fully saturated rings. The average Bonchev–Trinajstić information content (AvgIpc) is 2.44. The Hall–Kier alpha value is -0.260. The van der Waals surface area contributed by atoms with Crippen molar-refractivity contribution in [2.75, 3.05) is 33.2 Å². The first-order valence-corrected chi connectivity index (χ1v) is 7.91. The number of carbonyl (C=O) groups is 1. The normalized spacial score (nSPS) is 12.9. The standard InChI is InChI=1S/C10H18Cl2NO5P/c1-5-13(6-2)10(14)9(12)8(7-11)18-19(15,16-3)17-4/h5-7H2,1-4H3/b9-8+. The van der Waals surface area contributed by atoms with Crippen LogP contribution < -0.4 is 0 Å². The van der Waals surface area contributed by atoms with Crippen molar-refractivity contribution in [1.82, 2.24) is 4.90 Å². The third-order valence-corrected chi connectivity index (χ3v) is 4.23. The molecule has 0 rings (SSSR count). The number of phosphoric acid groups is 1. The summed E-state index contributed by atoms with van der Waals surface area (Å²) in [7, 11) is -1.49. The zero-order chi connectivity index (χ0) is 15.1. The van der Waals surface area contributed by atoms with Crippen LogP contribution in [-0.4, -0.2) is 44.0 Å². The number of phosphoric ester groups is 1. The predicted molar refractivity (Wildman–Crippen MR) is 74.2 cm³/mol. The Morgan fingerprint density at radius 2 is 1.68 bits per heavy atom. The van der Waals surface area contributed by atoms with Crippen LogP contribution in [0.15, 0.2) is 10.8 Å². The molecule has 0 aliphatic rings. The van der Waals surface area contributed by atoms with Gasteiger partial charge in [0, 0.05) is 27.3 Å². The molecule has 0 radical (unpaired) electrons. The van der Waals surface area contributed by atoms with E-state index in [1.165, 1.54) is 4.90 Å². The van der Waals surface area contributed by atoms with Crippen molar-refractivity contribution >= 4 is 36.9 Å². The van der Waals surface area contributed by atoms with Crippen molar-refractivity contribution in [3.8, 4) is 0 Å². The second-order valence-corrected chi connectivity index (χ2v) is 5.70. The smallest absolute Gasteiger partial charge is 0.405 e. The quantitative estimate of drug-likeness (QED) is 0.296. The van der Waals surface area contributed by atoms with E-state index >= 15 is 0 Å². The van der Waals surface area contributed by atoms with Gasteiger partial charge in [-0.3, -0.25) is 13.8 Å². The molecular formula is C10H18Cl2NO5P. The zero-order valence-electron chi connectivity index (χ0n) is 11.3. The van der Waals surface area contributed by atoms with Gasteiger partial charge in [0.1, 0.15) is 10.8 Å². The van der Waals surface area contributed by atoms with E-state index in [1.54, 1.807) is 0 Å². The molecule has 0 aromatic rings. The van der Waals surface area contributed by atoms with Gasteiger partial charge in [-0.25, -0.2) is 4.57 Å². The van der Waals surface area contributed by atoms with Crippen LogP contribution in [0.4, 0.5) is 0 Å². The van der Waals surface area contributed by atoms with Gasteiger partial charge in [0.25, 0.3) is 5.91 Å². The topological polar surface area (TPSA) is 65.1 Å². The molecule has 0 heterocycles. The number of hydrogen-bond donors (Lipinski definition) is 0. The van der Waals surface area contributed by atoms with E-state index in [0.29, 0.717) is 13.1 Å². The molecule has 0 aromatic heterocycles. The Kier molecular flexibility index (Phi) is 8.70. The number of nitrogens with zero attached hydrogens (tertiary/aromatic N) is 1. The highest BCUT2D eigenvalue weighted by atomic mass is 35.5. The lowest BCUT2D eigenvalue weighted by molar-refractivity contribution is -0.126. The lowest BCUT2D eigenvalue weighted by atomic mass is 10.4. The van der Waals surface area contributed by atoms with E-state index < -0.39 is 13.7 Å². The highest BCUT2D eigenvalue weighted by Crippen LogP contribution is 2.50. The maximum absolute atomic E-state index is 12.0. The molecule has 0 saturated carbocycles. The third kappa shape index (κ3) is 5.32. The second kappa shape index (κ2) is 8.82. The summed E-state index contributed by atoms with van der Waals surface area (Å²) in [4.78, 5) is 13.5. The Labute approximate surface area is 123 Å². The Morgan fingerprint density at radius 3 is 2.00 bits per heavy atom. The van der Waals surface area contributed by atoms with Crippen LogP contribution >= 0.6 is 31.0 Å². The minimum atomic E-state index is -3.79. The maximum Gasteiger partial charge on any atom is 0.529 e. The number of amides is 1. The van der Waals surface area contributed by atoms with Crippen LogP contribution in [0.5, 0.6) is 0 Å². The van der Waals surface area contributed by atoms with E-state index in [0.717, 1.165) is 14.2 Å². The van der Waals surface area contributed by atoms with Crippen LogP contribution in [-0.2, 0) is 22.9 Å². The average molecular weight is 334 g/mol. The number of allylic oxidation sites excluding steroid dienone is 1. The number of rotatable bonds is 8. The van der Waals surface area contributed by atoms with E-state index in [1.807, 2.05) is 13.8 Å². The highest BCUT2D eigenvalue weighted by molar-refractivity contribution is 7.48. The second-order valence-electron chi connectivity index (χ2n) is 3.25. The summed E-state index contributed by atoms with van der Waals surface area (Å²) in [5, 5.41) is -0.243. The molecule has 19 heavy (non-hydrogen) atoms. The van der Waals surface area contributed by atoms with Gasteiger partial charge in [-0.05, 0) is 13.8 Å². The summed E-state index contributed by atoms with van der Waals surface area (Å²) >= 11 is 11.6. The SMILES string of the molecule is CCN(CC)C(=O)/C(Cl)=C(/CCl)OP(=O)(OC)OC. The fraction of sp³-hybridized carbons (Fsp3) is 0.700. The number of likely N-dealkylation sites (N-methyl/N-ethyl adjacent to an activating group) is 1. The van der Waals surface area contributed by atoms with Gasteiger partial charge in [-0.15, -0.1) is 11.6 Å². The molecule has 0 spiro atoms. The van der Waals surface area contributed by atoms with Crippen LogP contribution in [0, 0.1) is 0 Å². The summed E-state index contributed by atoms with van der Waals surface area (Å²) in [6.07, 6.45) is 0. The summed E-state index contributed by atoms with van der Waals surface area (Å²) in [5.41, 5.74) is 0. The van der Waals surface area contributed by atoms with Crippen LogP contribution in [0.2, 0.25) is 0 Å². The minimum Gasteiger partial charge on any atom is -0.405 e. The Morgan fingerprint density at radius 1 is 1.21 bits per heavy atom. The molecule has 0 aliphatic heterocycles. The van der Waals surface area contributed by atoms with Gasteiger partial charge >= 0.3 is 7.82 Å². The highest BCUT2D eigenvalue weighted by Gasteiger charge is 2.29. The molecule has 112 valence electrons. The molecule has 0 aliphatic carbocycles. The first-order chi connectivity index (χ1) is 8.88. The predicted octanol–water partition coefficient (Wildman–Crippen LogP) is 2.96. The maximum atomic E-state index is 12.0. The fourth-order valence-corrected chi connectivity index (χ4v) is 2.51. The number of hydrogen-bond acceptors (Lipinski definition) is 5. The minimum absolute atomic E-state index is 0.146. The van der Waals surface area contributed by atoms with E-state index in [-0.39, 0.29) is 16.7 Å². The molecule has 0 saturated heterocycles. The zero-order valence-corrected chi connectivity index (χ0v) is 13.7. The monoisotopic (exact) mass is 333 g/mol. The molecule has 0 bridgehead atoms. The van der Waals surface area contributed by atoms with Gasteiger partial charge in [-0.2, -0.15) is 0 Å². The lowest BCUT2D eigenvalue weighted by Crippen LogP contribution is -2.31. The molecule has 0 atom stereocenters. The summed E-state index contributed by atoms with van der Waals surface area (Å²) < 4.78 is 26.0. The van der Waals surface area contributed by atoms with Crippen LogP contribution in [0.25, 0.3) is 0 Å². The molecule has 0 N–H and O–H groups in total. The number of alkyl halides is 1. The lowest BCUT2D eigenvalue weighted by Gasteiger charge is -2.20. The summed E-state index contributed by atoms with van der Waals surface area (Å²) in [6.45, 7) is 4.57. The van der Waals surface area contributed by atoms with Gasteiger partial charge < -0.3 is 9.42 Å². The van der Waals surface area contributed by atoms with Crippen molar-refractivity contribution < 1.29 is 22.9 Å². The van der Waals surface area contributed by atoms with Gasteiger partial charge in [0.05, 0.1) is 5.88 Å². The van der Waals surface area contributed by atoms with Gasteiger partial charge in [-0.1, -0.05) is 11.6 Å². The molecule has 6 nitrogen and oxygen atoms in total. The van der Waals surface area contributed by atoms with E-state index in [4.69, 9.17) is 27.7 Å². The van der Waals surface area contributed by atoms with Crippen molar-refractivity contribution in [2.24, 2.45) is 0 Å². The number of carbonyl (C=O) groups excluding carboxylic acids is 1. The van der Waals surface area contributed by atoms with Crippen molar-refractivity contribution in [3.63, 3.8) is 0 Å². The Bertz CT molecular complexity index is 376. The van der Waals surface area contributed by atoms with Gasteiger partial charge in [0.2, 0.25) is 0 Å². The fourth-order valence-electron chi connectivity index (χ4n) is 1.18.